The molecule has 1 heterocycles. The number of nitrogens with one attached hydrogen (secondary N) is 1. The highest BCUT2D eigenvalue weighted by molar-refractivity contribution is 9.10. The van der Waals surface area contributed by atoms with E-state index in [0.717, 1.165) is 28.6 Å². The lowest BCUT2D eigenvalue weighted by Gasteiger charge is -2.10. The van der Waals surface area contributed by atoms with Crippen molar-refractivity contribution in [1.82, 2.24) is 5.43 Å². The number of benzene rings is 1. The van der Waals surface area contributed by atoms with E-state index in [0.29, 0.717) is 18.1 Å². The molecule has 1 aromatic carbocycles. The molecule has 0 aliphatic heterocycles. The van der Waals surface area contributed by atoms with Gasteiger partial charge in [-0.1, -0.05) is 36.7 Å². The molecule has 0 aliphatic carbocycles. The van der Waals surface area contributed by atoms with Gasteiger partial charge < -0.3 is 4.74 Å². The average molecular weight is 423 g/mol. The number of amides is 1. The van der Waals surface area contributed by atoms with Gasteiger partial charge in [0.15, 0.2) is 0 Å². The summed E-state index contributed by atoms with van der Waals surface area (Å²) in [5, 5.41) is 5.93. The van der Waals surface area contributed by atoms with Gasteiger partial charge in [-0.05, 0) is 43.0 Å². The first-order chi connectivity index (χ1) is 12.0. The van der Waals surface area contributed by atoms with Crippen LogP contribution in [0.1, 0.15) is 48.0 Å². The van der Waals surface area contributed by atoms with Crippen molar-refractivity contribution >= 4 is 39.4 Å². The minimum Gasteiger partial charge on any atom is -0.493 e. The first-order valence-corrected chi connectivity index (χ1v) is 10.00. The molecule has 0 saturated heterocycles. The number of carbonyl (C=O) groups excluding carboxylic acids is 1. The summed E-state index contributed by atoms with van der Waals surface area (Å²) in [6.45, 7) is 7.05. The van der Waals surface area contributed by atoms with Crippen LogP contribution in [0.2, 0.25) is 0 Å². The van der Waals surface area contributed by atoms with Gasteiger partial charge in [-0.2, -0.15) is 5.10 Å². The van der Waals surface area contributed by atoms with Gasteiger partial charge >= 0.3 is 0 Å². The van der Waals surface area contributed by atoms with E-state index in [1.807, 2.05) is 29.6 Å². The van der Waals surface area contributed by atoms with Gasteiger partial charge in [-0.15, -0.1) is 11.3 Å². The molecule has 1 amide bonds. The summed E-state index contributed by atoms with van der Waals surface area (Å²) in [5.41, 5.74) is 4.03. The maximum atomic E-state index is 12.1. The van der Waals surface area contributed by atoms with Gasteiger partial charge in [0.05, 0.1) is 18.4 Å². The van der Waals surface area contributed by atoms with Gasteiger partial charge in [0.1, 0.15) is 5.75 Å². The van der Waals surface area contributed by atoms with Crippen LogP contribution in [0.4, 0.5) is 0 Å². The number of hydrazone groups is 1. The van der Waals surface area contributed by atoms with E-state index in [1.54, 1.807) is 17.6 Å². The van der Waals surface area contributed by atoms with E-state index in [4.69, 9.17) is 4.74 Å². The quantitative estimate of drug-likeness (QED) is 0.465. The molecule has 134 valence electrons. The molecule has 6 heteroatoms. The Balaban J connectivity index is 2.01. The largest absolute Gasteiger partial charge is 0.493 e. The molecule has 1 aromatic heterocycles. The fourth-order valence-corrected chi connectivity index (χ4v) is 3.26. The van der Waals surface area contributed by atoms with E-state index < -0.39 is 0 Å². The van der Waals surface area contributed by atoms with Crippen molar-refractivity contribution in [3.63, 3.8) is 0 Å². The third-order valence-electron chi connectivity index (χ3n) is 3.56. The molecule has 4 nitrogen and oxygen atoms in total. The summed E-state index contributed by atoms with van der Waals surface area (Å²) in [7, 11) is 0. The highest BCUT2D eigenvalue weighted by Crippen LogP contribution is 2.22. The van der Waals surface area contributed by atoms with E-state index in [2.05, 4.69) is 47.2 Å². The SMILES string of the molecule is CCc1cc(C(=O)N/N=C\c2cc(Br)ccc2OCCC(C)C)cs1. The zero-order valence-electron chi connectivity index (χ0n) is 14.7. The molecule has 0 saturated carbocycles. The van der Waals surface area contributed by atoms with Crippen LogP contribution in [0.15, 0.2) is 39.2 Å². The van der Waals surface area contributed by atoms with E-state index in [-0.39, 0.29) is 5.91 Å². The average Bonchev–Trinajstić information content (AvgIpc) is 3.05. The summed E-state index contributed by atoms with van der Waals surface area (Å²) < 4.78 is 6.77. The Morgan fingerprint density at radius 1 is 1.40 bits per heavy atom. The predicted octanol–water partition coefficient (Wildman–Crippen LogP) is 5.26. The number of hydrogen-bond donors (Lipinski definition) is 1. The second kappa shape index (κ2) is 9.73. The number of rotatable bonds is 8. The van der Waals surface area contributed by atoms with Crippen LogP contribution in [-0.2, 0) is 6.42 Å². The van der Waals surface area contributed by atoms with Crippen LogP contribution in [0, 0.1) is 5.92 Å². The first-order valence-electron chi connectivity index (χ1n) is 8.32. The van der Waals surface area contributed by atoms with Crippen molar-refractivity contribution in [2.45, 2.75) is 33.6 Å². The topological polar surface area (TPSA) is 50.7 Å². The zero-order chi connectivity index (χ0) is 18.2. The van der Waals surface area contributed by atoms with Gasteiger partial charge in [-0.25, -0.2) is 5.43 Å². The molecule has 25 heavy (non-hydrogen) atoms. The van der Waals surface area contributed by atoms with Crippen LogP contribution in [0.5, 0.6) is 5.75 Å². The Labute approximate surface area is 161 Å². The summed E-state index contributed by atoms with van der Waals surface area (Å²) in [5.74, 6) is 1.14. The number of ether oxygens (including phenoxy) is 1. The molecule has 0 aliphatic rings. The molecule has 0 unspecified atom stereocenters. The Kier molecular flexibility index (Phi) is 7.65. The lowest BCUT2D eigenvalue weighted by molar-refractivity contribution is 0.0955. The highest BCUT2D eigenvalue weighted by Gasteiger charge is 2.08. The van der Waals surface area contributed by atoms with Crippen molar-refractivity contribution in [3.8, 4) is 5.75 Å². The fraction of sp³-hybridized carbons (Fsp3) is 0.368. The number of halogens is 1. The maximum Gasteiger partial charge on any atom is 0.272 e. The molecule has 0 spiro atoms. The minimum atomic E-state index is -0.204. The zero-order valence-corrected chi connectivity index (χ0v) is 17.1. The molecule has 2 rings (SSSR count). The molecular weight excluding hydrogens is 400 g/mol. The van der Waals surface area contributed by atoms with Crippen molar-refractivity contribution in [3.05, 3.63) is 50.1 Å². The maximum absolute atomic E-state index is 12.1. The monoisotopic (exact) mass is 422 g/mol. The number of hydrogen-bond acceptors (Lipinski definition) is 4. The van der Waals surface area contributed by atoms with Gasteiger partial charge in [0, 0.05) is 20.3 Å². The standard InChI is InChI=1S/C19H23BrN2O2S/c1-4-17-10-15(12-25-17)19(23)22-21-11-14-9-16(20)5-6-18(14)24-8-7-13(2)3/h5-6,9-13H,4,7-8H2,1-3H3,(H,22,23)/b21-11-. The molecule has 0 bridgehead atoms. The van der Waals surface area contributed by atoms with Crippen LogP contribution >= 0.6 is 27.3 Å². The third-order valence-corrected chi connectivity index (χ3v) is 5.13. The smallest absolute Gasteiger partial charge is 0.272 e. The Bertz CT molecular complexity index is 741. The van der Waals surface area contributed by atoms with E-state index >= 15 is 0 Å². The van der Waals surface area contributed by atoms with Gasteiger partial charge in [-0.3, -0.25) is 4.79 Å². The highest BCUT2D eigenvalue weighted by atomic mass is 79.9. The molecule has 1 N–H and O–H groups in total. The lowest BCUT2D eigenvalue weighted by Crippen LogP contribution is -2.16. The summed E-state index contributed by atoms with van der Waals surface area (Å²) in [4.78, 5) is 13.3. The Morgan fingerprint density at radius 2 is 2.20 bits per heavy atom. The van der Waals surface area contributed by atoms with Crippen LogP contribution < -0.4 is 10.2 Å². The number of carbonyl (C=O) groups is 1. The molecule has 0 radical (unpaired) electrons. The molecule has 0 atom stereocenters. The number of nitrogens with zero attached hydrogens (tertiary/aromatic N) is 1. The van der Waals surface area contributed by atoms with Gasteiger partial charge in [0.2, 0.25) is 0 Å². The lowest BCUT2D eigenvalue weighted by atomic mass is 10.1. The second-order valence-electron chi connectivity index (χ2n) is 6.07. The predicted molar refractivity (Wildman–Crippen MR) is 108 cm³/mol. The van der Waals surface area contributed by atoms with E-state index in [1.165, 1.54) is 4.88 Å². The minimum absolute atomic E-state index is 0.204. The normalized spacial score (nSPS) is 11.2. The molecular formula is C19H23BrN2O2S. The summed E-state index contributed by atoms with van der Waals surface area (Å²) in [6, 6.07) is 7.65. The van der Waals surface area contributed by atoms with Crippen LogP contribution in [0.25, 0.3) is 0 Å². The molecule has 0 fully saturated rings. The van der Waals surface area contributed by atoms with Crippen molar-refractivity contribution in [1.29, 1.82) is 0 Å². The second-order valence-corrected chi connectivity index (χ2v) is 7.98. The number of aryl methyl sites for hydroxylation is 1. The van der Waals surface area contributed by atoms with Crippen LogP contribution in [0.3, 0.4) is 0 Å². The number of thiophene rings is 1. The Morgan fingerprint density at radius 3 is 2.88 bits per heavy atom. The first kappa shape index (κ1) is 19.7. The molecule has 2 aromatic rings. The van der Waals surface area contributed by atoms with Crippen molar-refractivity contribution in [2.75, 3.05) is 6.61 Å². The fourth-order valence-electron chi connectivity index (χ4n) is 2.07. The van der Waals surface area contributed by atoms with Crippen molar-refractivity contribution < 1.29 is 9.53 Å². The summed E-state index contributed by atoms with van der Waals surface area (Å²) >= 11 is 5.04. The van der Waals surface area contributed by atoms with E-state index in [9.17, 15) is 4.79 Å². The van der Waals surface area contributed by atoms with Crippen molar-refractivity contribution in [2.24, 2.45) is 11.0 Å². The van der Waals surface area contributed by atoms with Gasteiger partial charge in [0.25, 0.3) is 5.91 Å². The summed E-state index contributed by atoms with van der Waals surface area (Å²) in [6.07, 6.45) is 3.53. The Hall–Kier alpha value is -1.66. The third kappa shape index (κ3) is 6.29. The van der Waals surface area contributed by atoms with Crippen LogP contribution in [-0.4, -0.2) is 18.7 Å².